The molecule has 0 bridgehead atoms. The van der Waals surface area contributed by atoms with Crippen molar-refractivity contribution in [2.75, 3.05) is 13.2 Å². The van der Waals surface area contributed by atoms with Crippen molar-refractivity contribution in [3.05, 3.63) is 23.8 Å². The van der Waals surface area contributed by atoms with Crippen molar-refractivity contribution >= 4 is 0 Å². The minimum absolute atomic E-state index is 0.0122. The van der Waals surface area contributed by atoms with Crippen LogP contribution in [0.4, 0.5) is 4.39 Å². The molecule has 3 nitrogen and oxygen atoms in total. The van der Waals surface area contributed by atoms with Gasteiger partial charge in [-0.2, -0.15) is 0 Å². The van der Waals surface area contributed by atoms with Crippen LogP contribution in [-0.2, 0) is 6.54 Å². The largest absolute Gasteiger partial charge is 0.486 e. The minimum atomic E-state index is -0.692. The van der Waals surface area contributed by atoms with Crippen molar-refractivity contribution in [3.63, 3.8) is 0 Å². The lowest BCUT2D eigenvalue weighted by Gasteiger charge is -2.20. The Morgan fingerprint density at radius 1 is 1.17 bits per heavy atom. The van der Waals surface area contributed by atoms with Gasteiger partial charge in [-0.3, -0.25) is 0 Å². The second-order valence-corrected chi connectivity index (χ2v) is 4.91. The van der Waals surface area contributed by atoms with Crippen LogP contribution in [0.25, 0.3) is 0 Å². The average Bonchev–Trinajstić information content (AvgIpc) is 2.82. The topological polar surface area (TPSA) is 30.5 Å². The Morgan fingerprint density at radius 2 is 2.00 bits per heavy atom. The van der Waals surface area contributed by atoms with E-state index in [9.17, 15) is 4.39 Å². The SMILES string of the molecule is FC1CCCC1NCc1ccc2c(c1)OCCO2. The van der Waals surface area contributed by atoms with Gasteiger partial charge in [0, 0.05) is 12.6 Å². The van der Waals surface area contributed by atoms with Crippen LogP contribution in [0.15, 0.2) is 18.2 Å². The first kappa shape index (κ1) is 11.8. The lowest BCUT2D eigenvalue weighted by atomic mass is 10.1. The first-order chi connectivity index (χ1) is 8.83. The molecule has 18 heavy (non-hydrogen) atoms. The molecule has 2 aliphatic rings. The molecule has 0 amide bonds. The van der Waals surface area contributed by atoms with Gasteiger partial charge in [0.2, 0.25) is 0 Å². The van der Waals surface area contributed by atoms with Crippen LogP contribution in [0.2, 0.25) is 0 Å². The van der Waals surface area contributed by atoms with Crippen LogP contribution in [0.3, 0.4) is 0 Å². The summed E-state index contributed by atoms with van der Waals surface area (Å²) in [6.07, 6.45) is 1.92. The van der Waals surface area contributed by atoms with Crippen LogP contribution in [-0.4, -0.2) is 25.4 Å². The molecule has 1 fully saturated rings. The van der Waals surface area contributed by atoms with Gasteiger partial charge < -0.3 is 14.8 Å². The fourth-order valence-corrected chi connectivity index (χ4v) is 2.59. The Balaban J connectivity index is 1.62. The molecule has 1 aromatic carbocycles. The zero-order chi connectivity index (χ0) is 12.4. The van der Waals surface area contributed by atoms with Gasteiger partial charge in [-0.15, -0.1) is 0 Å². The highest BCUT2D eigenvalue weighted by molar-refractivity contribution is 5.43. The second kappa shape index (κ2) is 5.14. The zero-order valence-corrected chi connectivity index (χ0v) is 10.3. The molecule has 0 saturated heterocycles. The summed E-state index contributed by atoms with van der Waals surface area (Å²) >= 11 is 0. The smallest absolute Gasteiger partial charge is 0.161 e. The van der Waals surface area contributed by atoms with Gasteiger partial charge in [0.05, 0.1) is 0 Å². The molecule has 3 rings (SSSR count). The van der Waals surface area contributed by atoms with Gasteiger partial charge >= 0.3 is 0 Å². The summed E-state index contributed by atoms with van der Waals surface area (Å²) in [6.45, 7) is 1.89. The van der Waals surface area contributed by atoms with Gasteiger partial charge in [0.1, 0.15) is 19.4 Å². The van der Waals surface area contributed by atoms with E-state index in [0.29, 0.717) is 26.2 Å². The van der Waals surface area contributed by atoms with Crippen LogP contribution in [0.1, 0.15) is 24.8 Å². The van der Waals surface area contributed by atoms with E-state index >= 15 is 0 Å². The van der Waals surface area contributed by atoms with Crippen molar-refractivity contribution in [1.82, 2.24) is 5.32 Å². The van der Waals surface area contributed by atoms with Crippen LogP contribution >= 0.6 is 0 Å². The van der Waals surface area contributed by atoms with E-state index in [1.54, 1.807) is 0 Å². The number of fused-ring (bicyclic) bond motifs is 1. The number of rotatable bonds is 3. The lowest BCUT2D eigenvalue weighted by Crippen LogP contribution is -2.32. The van der Waals surface area contributed by atoms with E-state index in [2.05, 4.69) is 5.32 Å². The quantitative estimate of drug-likeness (QED) is 0.895. The molecular weight excluding hydrogens is 233 g/mol. The second-order valence-electron chi connectivity index (χ2n) is 4.91. The first-order valence-electron chi connectivity index (χ1n) is 6.59. The normalized spacial score (nSPS) is 26.3. The molecule has 0 radical (unpaired) electrons. The Hall–Kier alpha value is -1.29. The van der Waals surface area contributed by atoms with Crippen molar-refractivity contribution in [2.45, 2.75) is 38.0 Å². The third kappa shape index (κ3) is 2.43. The van der Waals surface area contributed by atoms with Crippen molar-refractivity contribution in [2.24, 2.45) is 0 Å². The molecule has 1 N–H and O–H groups in total. The third-order valence-electron chi connectivity index (χ3n) is 3.61. The fourth-order valence-electron chi connectivity index (χ4n) is 2.59. The van der Waals surface area contributed by atoms with Crippen LogP contribution < -0.4 is 14.8 Å². The van der Waals surface area contributed by atoms with Gasteiger partial charge in [0.25, 0.3) is 0 Å². The van der Waals surface area contributed by atoms with E-state index in [4.69, 9.17) is 9.47 Å². The zero-order valence-electron chi connectivity index (χ0n) is 10.3. The molecule has 1 saturated carbocycles. The van der Waals surface area contributed by atoms with E-state index < -0.39 is 6.17 Å². The summed E-state index contributed by atoms with van der Waals surface area (Å²) in [5, 5.41) is 3.28. The highest BCUT2D eigenvalue weighted by atomic mass is 19.1. The number of hydrogen-bond acceptors (Lipinski definition) is 3. The molecule has 0 aromatic heterocycles. The molecule has 2 atom stereocenters. The molecular formula is C14H18FNO2. The summed E-state index contributed by atoms with van der Waals surface area (Å²) in [4.78, 5) is 0. The van der Waals surface area contributed by atoms with Crippen molar-refractivity contribution < 1.29 is 13.9 Å². The molecule has 1 aromatic rings. The fraction of sp³-hybridized carbons (Fsp3) is 0.571. The first-order valence-corrected chi connectivity index (χ1v) is 6.59. The summed E-state index contributed by atoms with van der Waals surface area (Å²) in [6, 6.07) is 5.91. The highest BCUT2D eigenvalue weighted by Gasteiger charge is 2.26. The van der Waals surface area contributed by atoms with Gasteiger partial charge in [-0.1, -0.05) is 6.07 Å². The Kier molecular flexibility index (Phi) is 3.37. The minimum Gasteiger partial charge on any atom is -0.486 e. The summed E-state index contributed by atoms with van der Waals surface area (Å²) in [5.41, 5.74) is 1.11. The van der Waals surface area contributed by atoms with E-state index in [1.807, 2.05) is 18.2 Å². The molecule has 1 aliphatic heterocycles. The average molecular weight is 251 g/mol. The summed E-state index contributed by atoms with van der Waals surface area (Å²) in [5.74, 6) is 1.60. The highest BCUT2D eigenvalue weighted by Crippen LogP contribution is 2.31. The third-order valence-corrected chi connectivity index (χ3v) is 3.61. The van der Waals surface area contributed by atoms with Crippen LogP contribution in [0, 0.1) is 0 Å². The van der Waals surface area contributed by atoms with Crippen molar-refractivity contribution in [1.29, 1.82) is 0 Å². The van der Waals surface area contributed by atoms with Crippen molar-refractivity contribution in [3.8, 4) is 11.5 Å². The predicted octanol–water partition coefficient (Wildman–Crippen LogP) is 2.44. The Morgan fingerprint density at radius 3 is 2.78 bits per heavy atom. The number of halogens is 1. The molecule has 4 heteroatoms. The number of ether oxygens (including phenoxy) is 2. The van der Waals surface area contributed by atoms with Gasteiger partial charge in [-0.05, 0) is 37.0 Å². The van der Waals surface area contributed by atoms with E-state index in [1.165, 1.54) is 0 Å². The molecule has 2 unspecified atom stereocenters. The van der Waals surface area contributed by atoms with Gasteiger partial charge in [0.15, 0.2) is 11.5 Å². The number of hydrogen-bond donors (Lipinski definition) is 1. The molecule has 0 spiro atoms. The Labute approximate surface area is 106 Å². The van der Waals surface area contributed by atoms with Gasteiger partial charge in [-0.25, -0.2) is 4.39 Å². The lowest BCUT2D eigenvalue weighted by molar-refractivity contribution is 0.171. The summed E-state index contributed by atoms with van der Waals surface area (Å²) < 4.78 is 24.5. The monoisotopic (exact) mass is 251 g/mol. The maximum absolute atomic E-state index is 13.5. The van der Waals surface area contributed by atoms with E-state index in [0.717, 1.165) is 29.9 Å². The van der Waals surface area contributed by atoms with Crippen LogP contribution in [0.5, 0.6) is 11.5 Å². The molecule has 1 heterocycles. The maximum atomic E-state index is 13.5. The standard InChI is InChI=1S/C14H18FNO2/c15-11-2-1-3-12(11)16-9-10-4-5-13-14(8-10)18-7-6-17-13/h4-5,8,11-12,16H,1-3,6-7,9H2. The Bertz CT molecular complexity index is 424. The number of alkyl halides is 1. The summed E-state index contributed by atoms with van der Waals surface area (Å²) in [7, 11) is 0. The number of benzene rings is 1. The molecule has 1 aliphatic carbocycles. The molecule has 98 valence electrons. The predicted molar refractivity (Wildman–Crippen MR) is 66.8 cm³/mol. The number of nitrogens with one attached hydrogen (secondary N) is 1. The maximum Gasteiger partial charge on any atom is 0.161 e. The van der Waals surface area contributed by atoms with E-state index in [-0.39, 0.29) is 6.04 Å².